The van der Waals surface area contributed by atoms with Gasteiger partial charge >= 0.3 is 0 Å². The van der Waals surface area contributed by atoms with Crippen LogP contribution in [0.1, 0.15) is 37.2 Å². The van der Waals surface area contributed by atoms with E-state index in [-0.39, 0.29) is 0 Å². The van der Waals surface area contributed by atoms with Crippen molar-refractivity contribution in [3.8, 4) is 0 Å². The number of hydrogen-bond donors (Lipinski definition) is 1. The summed E-state index contributed by atoms with van der Waals surface area (Å²) < 4.78 is 2.55. The quantitative estimate of drug-likeness (QED) is 0.559. The maximum Gasteiger partial charge on any atom is 0.140 e. The van der Waals surface area contributed by atoms with Crippen LogP contribution in [0.25, 0.3) is 0 Å². The van der Waals surface area contributed by atoms with E-state index in [1.54, 1.807) is 0 Å². The summed E-state index contributed by atoms with van der Waals surface area (Å²) in [6, 6.07) is 23.9. The molecular weight excluding hydrogens is 388 g/mol. The fraction of sp³-hybridized carbons (Fsp3) is 0.280. The minimum Gasteiger partial charge on any atom is -0.365 e. The first kappa shape index (κ1) is 16.9. The van der Waals surface area contributed by atoms with Gasteiger partial charge < -0.3 is 19.7 Å². The molecule has 4 heterocycles. The average Bonchev–Trinajstić information content (AvgIpc) is 3.47. The number of rotatable bonds is 1. The van der Waals surface area contributed by atoms with Gasteiger partial charge in [-0.2, -0.15) is 0 Å². The van der Waals surface area contributed by atoms with Crippen LogP contribution in [0, 0.1) is 0 Å². The van der Waals surface area contributed by atoms with E-state index in [2.05, 4.69) is 98.9 Å². The summed E-state index contributed by atoms with van der Waals surface area (Å²) in [6.07, 6.45) is 10.6. The van der Waals surface area contributed by atoms with Crippen molar-refractivity contribution in [1.29, 1.82) is 0 Å². The molecule has 4 atom stereocenters. The van der Waals surface area contributed by atoms with Crippen LogP contribution >= 0.6 is 11.8 Å². The lowest BCUT2D eigenvalue weighted by Crippen LogP contribution is -2.52. The van der Waals surface area contributed by atoms with Crippen molar-refractivity contribution < 1.29 is 0 Å². The fourth-order valence-corrected chi connectivity index (χ4v) is 7.06. The second-order valence-corrected chi connectivity index (χ2v) is 9.77. The molecule has 2 aromatic carbocycles. The molecule has 30 heavy (non-hydrogen) atoms. The Hall–Kier alpha value is -2.79. The van der Waals surface area contributed by atoms with Crippen LogP contribution in [0.15, 0.2) is 89.1 Å². The van der Waals surface area contributed by atoms with Gasteiger partial charge in [-0.1, -0.05) is 36.0 Å². The van der Waals surface area contributed by atoms with Gasteiger partial charge in [-0.15, -0.1) is 0 Å². The van der Waals surface area contributed by atoms with E-state index in [0.29, 0.717) is 24.3 Å². The molecule has 4 aliphatic rings. The van der Waals surface area contributed by atoms with Crippen LogP contribution in [-0.2, 0) is 0 Å². The first-order valence-corrected chi connectivity index (χ1v) is 11.7. The van der Waals surface area contributed by atoms with Gasteiger partial charge in [0.2, 0.25) is 0 Å². The lowest BCUT2D eigenvalue weighted by atomic mass is 9.82. The SMILES string of the molecule is C1=CN2C(N1)c1cccn1C1CC(N3c4ccccc4Sc4ccccc43)CCC12. The van der Waals surface area contributed by atoms with Gasteiger partial charge in [-0.05, 0) is 55.7 Å². The Kier molecular flexibility index (Phi) is 3.59. The second kappa shape index (κ2) is 6.35. The number of nitrogens with one attached hydrogen (secondary N) is 1. The molecule has 150 valence electrons. The molecule has 3 aromatic rings. The van der Waals surface area contributed by atoms with E-state index in [1.165, 1.54) is 39.7 Å². The highest BCUT2D eigenvalue weighted by Gasteiger charge is 2.45. The van der Waals surface area contributed by atoms with E-state index in [0.717, 1.165) is 6.42 Å². The first-order valence-electron chi connectivity index (χ1n) is 10.9. The van der Waals surface area contributed by atoms with Crippen LogP contribution in [0.3, 0.4) is 0 Å². The number of fused-ring (bicyclic) bond motifs is 8. The number of nitrogens with zero attached hydrogens (tertiary/aromatic N) is 3. The molecule has 0 radical (unpaired) electrons. The largest absolute Gasteiger partial charge is 0.365 e. The normalized spacial score (nSPS) is 28.1. The molecule has 3 aliphatic heterocycles. The number of benzene rings is 2. The predicted molar refractivity (Wildman–Crippen MR) is 121 cm³/mol. The summed E-state index contributed by atoms with van der Waals surface area (Å²) in [7, 11) is 0. The van der Waals surface area contributed by atoms with E-state index < -0.39 is 0 Å². The van der Waals surface area contributed by atoms with E-state index in [9.17, 15) is 0 Å². The fourth-order valence-electron chi connectivity index (χ4n) is 5.99. The topological polar surface area (TPSA) is 23.4 Å². The van der Waals surface area contributed by atoms with Gasteiger partial charge in [-0.3, -0.25) is 0 Å². The Morgan fingerprint density at radius 3 is 2.40 bits per heavy atom. The summed E-state index contributed by atoms with van der Waals surface area (Å²) in [5.41, 5.74) is 4.12. The molecule has 1 saturated carbocycles. The molecule has 5 heteroatoms. The average molecular weight is 413 g/mol. The molecule has 7 rings (SSSR count). The third-order valence-corrected chi connectivity index (χ3v) is 8.35. The zero-order chi connectivity index (χ0) is 19.7. The molecule has 0 saturated heterocycles. The summed E-state index contributed by atoms with van der Waals surface area (Å²) in [4.78, 5) is 7.94. The minimum atomic E-state index is 0.297. The van der Waals surface area contributed by atoms with E-state index >= 15 is 0 Å². The van der Waals surface area contributed by atoms with Gasteiger partial charge in [0, 0.05) is 34.4 Å². The first-order chi connectivity index (χ1) is 14.9. The molecular formula is C25H24N4S. The molecule has 1 aromatic heterocycles. The highest BCUT2D eigenvalue weighted by Crippen LogP contribution is 2.52. The molecule has 1 fully saturated rings. The van der Waals surface area contributed by atoms with Crippen LogP contribution in [0.2, 0.25) is 0 Å². The van der Waals surface area contributed by atoms with Gasteiger partial charge in [0.1, 0.15) is 6.17 Å². The summed E-state index contributed by atoms with van der Waals surface area (Å²) in [6.45, 7) is 0. The zero-order valence-electron chi connectivity index (χ0n) is 16.7. The molecule has 1 aliphatic carbocycles. The highest BCUT2D eigenvalue weighted by molar-refractivity contribution is 7.99. The monoisotopic (exact) mass is 412 g/mol. The van der Waals surface area contributed by atoms with Gasteiger partial charge in [0.15, 0.2) is 0 Å². The summed E-state index contributed by atoms with van der Waals surface area (Å²) >= 11 is 1.90. The Bertz CT molecular complexity index is 1110. The minimum absolute atomic E-state index is 0.297. The van der Waals surface area contributed by atoms with Crippen LogP contribution < -0.4 is 10.2 Å². The lowest BCUT2D eigenvalue weighted by Gasteiger charge is -2.51. The molecule has 0 bridgehead atoms. The number of anilines is 2. The molecule has 0 spiro atoms. The third kappa shape index (κ3) is 2.30. The highest BCUT2D eigenvalue weighted by atomic mass is 32.2. The van der Waals surface area contributed by atoms with Gasteiger partial charge in [-0.25, -0.2) is 0 Å². The third-order valence-electron chi connectivity index (χ3n) is 7.22. The smallest absolute Gasteiger partial charge is 0.140 e. The lowest BCUT2D eigenvalue weighted by molar-refractivity contribution is 0.0738. The van der Waals surface area contributed by atoms with Crippen LogP contribution in [0.5, 0.6) is 0 Å². The number of para-hydroxylation sites is 2. The Labute approximate surface area is 181 Å². The maximum absolute atomic E-state index is 3.55. The molecule has 4 unspecified atom stereocenters. The Morgan fingerprint density at radius 2 is 1.60 bits per heavy atom. The van der Waals surface area contributed by atoms with Crippen molar-refractivity contribution in [3.63, 3.8) is 0 Å². The Balaban J connectivity index is 1.31. The van der Waals surface area contributed by atoms with E-state index in [1.807, 2.05) is 11.8 Å². The van der Waals surface area contributed by atoms with Crippen LogP contribution in [-0.4, -0.2) is 21.6 Å². The zero-order valence-corrected chi connectivity index (χ0v) is 17.5. The summed E-state index contributed by atoms with van der Waals surface area (Å²) in [5.74, 6) is 0. The van der Waals surface area contributed by atoms with Crippen molar-refractivity contribution in [2.45, 2.75) is 53.3 Å². The van der Waals surface area contributed by atoms with Crippen LogP contribution in [0.4, 0.5) is 11.4 Å². The predicted octanol–water partition coefficient (Wildman–Crippen LogP) is 5.64. The number of aromatic nitrogens is 1. The van der Waals surface area contributed by atoms with E-state index in [4.69, 9.17) is 0 Å². The van der Waals surface area contributed by atoms with Gasteiger partial charge in [0.05, 0.1) is 29.2 Å². The molecule has 4 nitrogen and oxygen atoms in total. The number of hydrogen-bond acceptors (Lipinski definition) is 4. The standard InChI is InChI=1S/C25H24N4S/c1-3-9-23-19(6-1)29(20-7-2-4-10-24(20)30-23)17-11-12-18-22(16-17)27-14-5-8-21(27)25-26-13-15-28(18)25/h1-10,13-15,17-18,22,25-26H,11-12,16H2. The van der Waals surface area contributed by atoms with Crippen molar-refractivity contribution in [2.75, 3.05) is 4.90 Å². The summed E-state index contributed by atoms with van der Waals surface area (Å²) in [5, 5.41) is 3.55. The Morgan fingerprint density at radius 1 is 0.833 bits per heavy atom. The maximum atomic E-state index is 3.55. The van der Waals surface area contributed by atoms with Crippen molar-refractivity contribution in [1.82, 2.24) is 14.8 Å². The van der Waals surface area contributed by atoms with Crippen molar-refractivity contribution in [3.05, 3.63) is 85.0 Å². The van der Waals surface area contributed by atoms with Gasteiger partial charge in [0.25, 0.3) is 0 Å². The molecule has 1 N–H and O–H groups in total. The second-order valence-electron chi connectivity index (χ2n) is 8.68. The van der Waals surface area contributed by atoms with Crippen molar-refractivity contribution in [2.24, 2.45) is 0 Å². The van der Waals surface area contributed by atoms with Crippen molar-refractivity contribution >= 4 is 23.1 Å². The molecule has 0 amide bonds.